The summed E-state index contributed by atoms with van der Waals surface area (Å²) in [7, 11) is 0. The van der Waals surface area contributed by atoms with Gasteiger partial charge in [0, 0.05) is 37.2 Å². The maximum absolute atomic E-state index is 6.20. The summed E-state index contributed by atoms with van der Waals surface area (Å²) >= 11 is 6.20. The smallest absolute Gasteiger partial charge is 0.0409 e. The van der Waals surface area contributed by atoms with Crippen LogP contribution in [-0.4, -0.2) is 31.1 Å². The Morgan fingerprint density at radius 1 is 1.28 bits per heavy atom. The van der Waals surface area contributed by atoms with E-state index in [1.165, 1.54) is 24.0 Å². The van der Waals surface area contributed by atoms with Gasteiger partial charge >= 0.3 is 0 Å². The molecule has 2 aliphatic rings. The zero-order chi connectivity index (χ0) is 12.5. The maximum Gasteiger partial charge on any atom is 0.0409 e. The molecule has 1 aromatic rings. The minimum atomic E-state index is 0.564. The molecule has 2 atom stereocenters. The molecule has 2 unspecified atom stereocenters. The molecule has 1 aromatic carbocycles. The summed E-state index contributed by atoms with van der Waals surface area (Å²) in [4.78, 5) is 2.63. The van der Waals surface area contributed by atoms with E-state index in [9.17, 15) is 0 Å². The van der Waals surface area contributed by atoms with Gasteiger partial charge in [-0.25, -0.2) is 0 Å². The number of rotatable bonds is 1. The molecule has 1 saturated heterocycles. The van der Waals surface area contributed by atoms with Crippen molar-refractivity contribution >= 4 is 11.6 Å². The Balaban J connectivity index is 1.95. The molecule has 1 N–H and O–H groups in total. The van der Waals surface area contributed by atoms with Gasteiger partial charge in [-0.3, -0.25) is 4.90 Å². The van der Waals surface area contributed by atoms with Gasteiger partial charge in [0.15, 0.2) is 0 Å². The molecule has 0 aromatic heterocycles. The Morgan fingerprint density at radius 3 is 2.83 bits per heavy atom. The predicted octanol–water partition coefficient (Wildman–Crippen LogP) is 2.87. The first-order valence-corrected chi connectivity index (χ1v) is 7.36. The van der Waals surface area contributed by atoms with Gasteiger partial charge in [-0.15, -0.1) is 0 Å². The fourth-order valence-corrected chi connectivity index (χ4v) is 3.61. The molecular weight excluding hydrogens is 244 g/mol. The molecule has 0 spiro atoms. The highest BCUT2D eigenvalue weighted by atomic mass is 35.5. The van der Waals surface area contributed by atoms with E-state index in [4.69, 9.17) is 11.6 Å². The molecule has 0 radical (unpaired) electrons. The fourth-order valence-electron chi connectivity index (χ4n) is 3.43. The van der Waals surface area contributed by atoms with Gasteiger partial charge in [-0.1, -0.05) is 24.6 Å². The molecule has 2 nitrogen and oxygen atoms in total. The van der Waals surface area contributed by atoms with Crippen LogP contribution in [0.25, 0.3) is 0 Å². The Morgan fingerprint density at radius 2 is 2.06 bits per heavy atom. The maximum atomic E-state index is 6.20. The van der Waals surface area contributed by atoms with Crippen molar-refractivity contribution in [3.05, 3.63) is 34.3 Å². The van der Waals surface area contributed by atoms with Crippen molar-refractivity contribution in [3.63, 3.8) is 0 Å². The first-order valence-electron chi connectivity index (χ1n) is 6.99. The molecular formula is C15H21ClN2. The van der Waals surface area contributed by atoms with Crippen LogP contribution < -0.4 is 5.32 Å². The van der Waals surface area contributed by atoms with Crippen molar-refractivity contribution in [1.82, 2.24) is 10.2 Å². The van der Waals surface area contributed by atoms with Crippen LogP contribution in [0.4, 0.5) is 0 Å². The summed E-state index contributed by atoms with van der Waals surface area (Å²) in [5, 5.41) is 4.31. The van der Waals surface area contributed by atoms with Crippen molar-refractivity contribution in [1.29, 1.82) is 0 Å². The second kappa shape index (κ2) is 5.20. The van der Waals surface area contributed by atoms with Crippen LogP contribution >= 0.6 is 11.6 Å². The van der Waals surface area contributed by atoms with Crippen molar-refractivity contribution in [2.24, 2.45) is 5.92 Å². The van der Waals surface area contributed by atoms with Crippen LogP contribution in [0, 0.1) is 5.92 Å². The van der Waals surface area contributed by atoms with E-state index >= 15 is 0 Å². The highest BCUT2D eigenvalue weighted by molar-refractivity contribution is 6.30. The predicted molar refractivity (Wildman–Crippen MR) is 76.1 cm³/mol. The third kappa shape index (κ3) is 2.29. The second-order valence-corrected chi connectivity index (χ2v) is 6.03. The molecule has 3 heteroatoms. The molecule has 1 aliphatic carbocycles. The van der Waals surface area contributed by atoms with E-state index in [0.29, 0.717) is 6.04 Å². The third-order valence-electron chi connectivity index (χ3n) is 4.38. The largest absolute Gasteiger partial charge is 0.314 e. The normalized spacial score (nSPS) is 29.0. The summed E-state index contributed by atoms with van der Waals surface area (Å²) in [5.74, 6) is 0.731. The first kappa shape index (κ1) is 12.5. The van der Waals surface area contributed by atoms with Crippen LogP contribution in [0.3, 0.4) is 0 Å². The highest BCUT2D eigenvalue weighted by Crippen LogP contribution is 2.39. The van der Waals surface area contributed by atoms with Gasteiger partial charge in [0.05, 0.1) is 0 Å². The molecule has 1 heterocycles. The summed E-state index contributed by atoms with van der Waals surface area (Å²) in [6.45, 7) is 6.91. The van der Waals surface area contributed by atoms with Crippen LogP contribution in [0.1, 0.15) is 30.5 Å². The number of fused-ring (bicyclic) bond motifs is 1. The quantitative estimate of drug-likeness (QED) is 0.839. The third-order valence-corrected chi connectivity index (χ3v) is 4.61. The molecule has 1 aliphatic heterocycles. The minimum Gasteiger partial charge on any atom is -0.314 e. The first-order chi connectivity index (χ1) is 8.75. The highest BCUT2D eigenvalue weighted by Gasteiger charge is 2.31. The molecule has 0 saturated carbocycles. The lowest BCUT2D eigenvalue weighted by molar-refractivity contribution is 0.119. The molecule has 98 valence electrons. The number of nitrogens with one attached hydrogen (secondary N) is 1. The SMILES string of the molecule is CC1CCc2ccc(Cl)cc2C1N1CCNCC1. The number of piperazine rings is 1. The second-order valence-electron chi connectivity index (χ2n) is 5.59. The van der Waals surface area contributed by atoms with E-state index < -0.39 is 0 Å². The lowest BCUT2D eigenvalue weighted by Crippen LogP contribution is -2.47. The van der Waals surface area contributed by atoms with Gasteiger partial charge in [-0.05, 0) is 42.0 Å². The van der Waals surface area contributed by atoms with Gasteiger partial charge in [-0.2, -0.15) is 0 Å². The van der Waals surface area contributed by atoms with Crippen molar-refractivity contribution in [2.45, 2.75) is 25.8 Å². The Kier molecular flexibility index (Phi) is 3.60. The van der Waals surface area contributed by atoms with Crippen molar-refractivity contribution < 1.29 is 0 Å². The van der Waals surface area contributed by atoms with Crippen molar-refractivity contribution in [2.75, 3.05) is 26.2 Å². The Labute approximate surface area is 114 Å². The van der Waals surface area contributed by atoms with Crippen LogP contribution in [0.15, 0.2) is 18.2 Å². The monoisotopic (exact) mass is 264 g/mol. The average molecular weight is 265 g/mol. The molecule has 1 fully saturated rings. The minimum absolute atomic E-state index is 0.564. The molecule has 3 rings (SSSR count). The summed E-state index contributed by atoms with van der Waals surface area (Å²) in [6.07, 6.45) is 2.50. The number of nitrogens with zero attached hydrogens (tertiary/aromatic N) is 1. The number of aryl methyl sites for hydroxylation is 1. The van der Waals surface area contributed by atoms with Crippen molar-refractivity contribution in [3.8, 4) is 0 Å². The van der Waals surface area contributed by atoms with E-state index in [1.54, 1.807) is 0 Å². The Bertz CT molecular complexity index is 427. The van der Waals surface area contributed by atoms with Gasteiger partial charge in [0.1, 0.15) is 0 Å². The van der Waals surface area contributed by atoms with E-state index in [-0.39, 0.29) is 0 Å². The van der Waals surface area contributed by atoms with Crippen LogP contribution in [0.5, 0.6) is 0 Å². The van der Waals surface area contributed by atoms with Crippen LogP contribution in [-0.2, 0) is 6.42 Å². The molecule has 0 bridgehead atoms. The topological polar surface area (TPSA) is 15.3 Å². The summed E-state index contributed by atoms with van der Waals surface area (Å²) in [6, 6.07) is 7.01. The summed E-state index contributed by atoms with van der Waals surface area (Å²) < 4.78 is 0. The molecule has 18 heavy (non-hydrogen) atoms. The van der Waals surface area contributed by atoms with Gasteiger partial charge < -0.3 is 5.32 Å². The lowest BCUT2D eigenvalue weighted by Gasteiger charge is -2.42. The molecule has 0 amide bonds. The van der Waals surface area contributed by atoms with E-state index in [2.05, 4.69) is 29.3 Å². The van der Waals surface area contributed by atoms with Crippen LogP contribution in [0.2, 0.25) is 5.02 Å². The summed E-state index contributed by atoms with van der Waals surface area (Å²) in [5.41, 5.74) is 2.98. The zero-order valence-electron chi connectivity index (χ0n) is 11.0. The Hall–Kier alpha value is -0.570. The number of hydrogen-bond donors (Lipinski definition) is 1. The average Bonchev–Trinajstić information content (AvgIpc) is 2.39. The number of benzene rings is 1. The standard InChI is InChI=1S/C15H21ClN2/c1-11-2-3-12-4-5-13(16)10-14(12)15(11)18-8-6-17-7-9-18/h4-5,10-11,15,17H,2-3,6-9H2,1H3. The fraction of sp³-hybridized carbons (Fsp3) is 0.600. The van der Waals surface area contributed by atoms with Gasteiger partial charge in [0.2, 0.25) is 0 Å². The van der Waals surface area contributed by atoms with E-state index in [0.717, 1.165) is 37.1 Å². The zero-order valence-corrected chi connectivity index (χ0v) is 11.7. The number of halogens is 1. The number of hydrogen-bond acceptors (Lipinski definition) is 2. The van der Waals surface area contributed by atoms with Gasteiger partial charge in [0.25, 0.3) is 0 Å². The lowest BCUT2D eigenvalue weighted by atomic mass is 9.79. The van der Waals surface area contributed by atoms with E-state index in [1.807, 2.05) is 6.07 Å².